The Hall–Kier alpha value is -2.37. The third-order valence-corrected chi connectivity index (χ3v) is 5.76. The van der Waals surface area contributed by atoms with Crippen LogP contribution in [0.1, 0.15) is 72.9 Å². The molecule has 2 N–H and O–H groups in total. The van der Waals surface area contributed by atoms with Gasteiger partial charge in [0.1, 0.15) is 30.5 Å². The third-order valence-electron chi connectivity index (χ3n) is 5.76. The molecular weight excluding hydrogens is 404 g/mol. The van der Waals surface area contributed by atoms with Gasteiger partial charge in [-0.05, 0) is 74.9 Å². The molecule has 0 aliphatic carbocycles. The lowest BCUT2D eigenvalue weighted by molar-refractivity contribution is -0.121. The monoisotopic (exact) mass is 442 g/mol. The van der Waals surface area contributed by atoms with Crippen molar-refractivity contribution in [2.45, 2.75) is 79.4 Å². The van der Waals surface area contributed by atoms with E-state index in [2.05, 4.69) is 0 Å². The fourth-order valence-corrected chi connectivity index (χ4v) is 4.03. The minimum Gasteiger partial charge on any atom is -0.490 e. The smallest absolute Gasteiger partial charge is 0.147 e. The van der Waals surface area contributed by atoms with Crippen molar-refractivity contribution in [2.75, 3.05) is 13.2 Å². The molecule has 0 aliphatic heterocycles. The number of carbonyl (C=O) groups is 1. The molecule has 5 heteroatoms. The molecule has 0 amide bonds. The van der Waals surface area contributed by atoms with Gasteiger partial charge in [0.05, 0.1) is 12.2 Å². The Balaban J connectivity index is 2.24. The van der Waals surface area contributed by atoms with Crippen molar-refractivity contribution < 1.29 is 24.5 Å². The lowest BCUT2D eigenvalue weighted by atomic mass is 9.84. The standard InChI is InChI=1S/C27H38O5/c1-15-9-23(10-16(2)26(15)31-13-19(5)28)21(7)25(30)22(8)24-11-17(3)27(18(4)12-24)32-14-20(6)29/h9-12,19-22,28-29H,13-14H2,1-8H3. The van der Waals surface area contributed by atoms with Gasteiger partial charge in [-0.2, -0.15) is 0 Å². The molecule has 0 aliphatic rings. The molecule has 32 heavy (non-hydrogen) atoms. The van der Waals surface area contributed by atoms with Crippen molar-refractivity contribution in [2.24, 2.45) is 0 Å². The van der Waals surface area contributed by atoms with Gasteiger partial charge in [-0.25, -0.2) is 0 Å². The van der Waals surface area contributed by atoms with E-state index in [0.717, 1.165) is 44.9 Å². The highest BCUT2D eigenvalue weighted by molar-refractivity contribution is 5.91. The van der Waals surface area contributed by atoms with Crippen LogP contribution >= 0.6 is 0 Å². The number of ether oxygens (including phenoxy) is 2. The summed E-state index contributed by atoms with van der Waals surface area (Å²) in [6.07, 6.45) is -1.07. The van der Waals surface area contributed by atoms with Crippen LogP contribution in [0.4, 0.5) is 0 Å². The van der Waals surface area contributed by atoms with E-state index in [4.69, 9.17) is 9.47 Å². The number of Topliss-reactive ketones (excluding diaryl/α,β-unsaturated/α-hetero) is 1. The highest BCUT2D eigenvalue weighted by Gasteiger charge is 2.25. The second kappa shape index (κ2) is 11.0. The molecule has 0 aromatic heterocycles. The first-order chi connectivity index (χ1) is 14.9. The van der Waals surface area contributed by atoms with Crippen molar-refractivity contribution in [3.05, 3.63) is 57.6 Å². The summed E-state index contributed by atoms with van der Waals surface area (Å²) in [4.78, 5) is 13.4. The van der Waals surface area contributed by atoms with Crippen molar-refractivity contribution in [1.29, 1.82) is 0 Å². The number of benzene rings is 2. The van der Waals surface area contributed by atoms with Gasteiger partial charge < -0.3 is 19.7 Å². The van der Waals surface area contributed by atoms with Crippen LogP contribution in [0.25, 0.3) is 0 Å². The molecule has 0 spiro atoms. The first-order valence-electron chi connectivity index (χ1n) is 11.3. The number of aliphatic hydroxyl groups excluding tert-OH is 2. The SMILES string of the molecule is Cc1cc(C(C)C(=O)C(C)c2cc(C)c(OCC(C)O)c(C)c2)cc(C)c1OCC(C)O. The van der Waals surface area contributed by atoms with E-state index in [1.54, 1.807) is 13.8 Å². The lowest BCUT2D eigenvalue weighted by Crippen LogP contribution is -2.18. The molecule has 2 aromatic carbocycles. The van der Waals surface area contributed by atoms with E-state index in [9.17, 15) is 15.0 Å². The Kier molecular flexibility index (Phi) is 8.88. The summed E-state index contributed by atoms with van der Waals surface area (Å²) in [7, 11) is 0. The summed E-state index contributed by atoms with van der Waals surface area (Å²) in [5.74, 6) is 1.15. The molecule has 0 saturated carbocycles. The van der Waals surface area contributed by atoms with Gasteiger partial charge in [0.15, 0.2) is 0 Å². The van der Waals surface area contributed by atoms with E-state index in [1.807, 2.05) is 65.8 Å². The van der Waals surface area contributed by atoms with Crippen LogP contribution < -0.4 is 9.47 Å². The van der Waals surface area contributed by atoms with Crippen LogP contribution in [0.15, 0.2) is 24.3 Å². The summed E-state index contributed by atoms with van der Waals surface area (Å²) in [6.45, 7) is 15.6. The average molecular weight is 443 g/mol. The fraction of sp³-hybridized carbons (Fsp3) is 0.519. The minimum atomic E-state index is -0.537. The van der Waals surface area contributed by atoms with E-state index < -0.39 is 12.2 Å². The maximum atomic E-state index is 13.4. The third kappa shape index (κ3) is 6.33. The summed E-state index contributed by atoms with van der Waals surface area (Å²) in [6, 6.07) is 8.01. The van der Waals surface area contributed by atoms with E-state index >= 15 is 0 Å². The molecule has 4 atom stereocenters. The number of rotatable bonds is 10. The predicted octanol–water partition coefficient (Wildman–Crippen LogP) is 4.92. The van der Waals surface area contributed by atoms with Gasteiger partial charge in [0.25, 0.3) is 0 Å². The normalized spacial score (nSPS) is 15.1. The van der Waals surface area contributed by atoms with Crippen LogP contribution in [-0.4, -0.2) is 41.4 Å². The van der Waals surface area contributed by atoms with Gasteiger partial charge >= 0.3 is 0 Å². The molecule has 4 unspecified atom stereocenters. The zero-order chi connectivity index (χ0) is 24.2. The maximum Gasteiger partial charge on any atom is 0.147 e. The van der Waals surface area contributed by atoms with E-state index in [0.29, 0.717) is 0 Å². The van der Waals surface area contributed by atoms with Crippen LogP contribution in [0, 0.1) is 27.7 Å². The molecule has 0 heterocycles. The summed E-state index contributed by atoms with van der Waals surface area (Å²) < 4.78 is 11.5. The predicted molar refractivity (Wildman–Crippen MR) is 128 cm³/mol. The van der Waals surface area contributed by atoms with Gasteiger partial charge in [-0.15, -0.1) is 0 Å². The molecule has 0 radical (unpaired) electrons. The Bertz CT molecular complexity index is 824. The number of ketones is 1. The first kappa shape index (κ1) is 25.9. The Labute approximate surface area is 192 Å². The number of hydrogen-bond acceptors (Lipinski definition) is 5. The Morgan fingerprint density at radius 2 is 0.969 bits per heavy atom. The number of carbonyl (C=O) groups excluding carboxylic acids is 1. The molecule has 0 fully saturated rings. The summed E-state index contributed by atoms with van der Waals surface area (Å²) in [5, 5.41) is 19.0. The Morgan fingerprint density at radius 3 is 1.22 bits per heavy atom. The largest absolute Gasteiger partial charge is 0.490 e. The van der Waals surface area contributed by atoms with Crippen LogP contribution in [0.2, 0.25) is 0 Å². The van der Waals surface area contributed by atoms with Crippen molar-refractivity contribution in [1.82, 2.24) is 0 Å². The molecule has 0 saturated heterocycles. The van der Waals surface area contributed by atoms with Gasteiger partial charge in [-0.3, -0.25) is 4.79 Å². The zero-order valence-electron chi connectivity index (χ0n) is 20.7. The number of aliphatic hydroxyl groups is 2. The van der Waals surface area contributed by atoms with Crippen LogP contribution in [-0.2, 0) is 4.79 Å². The number of hydrogen-bond donors (Lipinski definition) is 2. The second-order valence-electron chi connectivity index (χ2n) is 9.13. The van der Waals surface area contributed by atoms with Crippen molar-refractivity contribution in [3.8, 4) is 11.5 Å². The molecule has 2 aromatic rings. The minimum absolute atomic E-state index is 0.151. The van der Waals surface area contributed by atoms with Crippen LogP contribution in [0.5, 0.6) is 11.5 Å². The number of aryl methyl sites for hydroxylation is 4. The van der Waals surface area contributed by atoms with E-state index in [-0.39, 0.29) is 30.8 Å². The summed E-state index contributed by atoms with van der Waals surface area (Å²) >= 11 is 0. The molecule has 5 nitrogen and oxygen atoms in total. The molecule has 2 rings (SSSR count). The molecule has 176 valence electrons. The topological polar surface area (TPSA) is 76.0 Å². The lowest BCUT2D eigenvalue weighted by Gasteiger charge is -2.21. The average Bonchev–Trinajstić information content (AvgIpc) is 2.70. The van der Waals surface area contributed by atoms with E-state index in [1.165, 1.54) is 0 Å². The van der Waals surface area contributed by atoms with Crippen LogP contribution in [0.3, 0.4) is 0 Å². The van der Waals surface area contributed by atoms with Gasteiger partial charge in [-0.1, -0.05) is 38.1 Å². The molecule has 0 bridgehead atoms. The van der Waals surface area contributed by atoms with Gasteiger partial charge in [0, 0.05) is 11.8 Å². The molecular formula is C27H38O5. The maximum absolute atomic E-state index is 13.4. The van der Waals surface area contributed by atoms with Gasteiger partial charge in [0.2, 0.25) is 0 Å². The second-order valence-corrected chi connectivity index (χ2v) is 9.13. The van der Waals surface area contributed by atoms with Crippen molar-refractivity contribution in [3.63, 3.8) is 0 Å². The highest BCUT2D eigenvalue weighted by atomic mass is 16.5. The highest BCUT2D eigenvalue weighted by Crippen LogP contribution is 2.34. The Morgan fingerprint density at radius 1 is 0.688 bits per heavy atom. The zero-order valence-corrected chi connectivity index (χ0v) is 20.7. The summed E-state index contributed by atoms with van der Waals surface area (Å²) in [5.41, 5.74) is 5.76. The fourth-order valence-electron chi connectivity index (χ4n) is 4.03. The van der Waals surface area contributed by atoms with Crippen molar-refractivity contribution >= 4 is 5.78 Å². The first-order valence-corrected chi connectivity index (χ1v) is 11.3. The quantitative estimate of drug-likeness (QED) is 0.546.